The second kappa shape index (κ2) is 8.19. The van der Waals surface area contributed by atoms with Gasteiger partial charge in [-0.15, -0.1) is 11.3 Å². The second-order valence-electron chi connectivity index (χ2n) is 6.29. The van der Waals surface area contributed by atoms with Crippen LogP contribution in [0, 0.1) is 6.92 Å². The maximum absolute atomic E-state index is 12.1. The molecule has 0 bridgehead atoms. The summed E-state index contributed by atoms with van der Waals surface area (Å²) in [6.45, 7) is 4.06. The molecule has 2 aromatic heterocycles. The summed E-state index contributed by atoms with van der Waals surface area (Å²) in [5, 5.41) is 1.20. The van der Waals surface area contributed by atoms with Gasteiger partial charge in [-0.25, -0.2) is 0 Å². The van der Waals surface area contributed by atoms with Crippen molar-refractivity contribution < 1.29 is 9.59 Å². The van der Waals surface area contributed by atoms with Crippen LogP contribution in [-0.4, -0.2) is 16.8 Å². The summed E-state index contributed by atoms with van der Waals surface area (Å²) in [5.41, 5.74) is 8.44. The average Bonchev–Trinajstić information content (AvgIpc) is 3.23. The van der Waals surface area contributed by atoms with Crippen molar-refractivity contribution in [1.29, 1.82) is 0 Å². The standard InChI is InChI=1S/C20H23N3O2S/c1-3-17-13(2)11-18(26-17)20(25)23-22-19(24)10-6-7-14-12-21-16-9-5-4-8-15(14)16/h4-5,8-9,11-12,21H,3,6-7,10H2,1-2H3,(H,22,24)(H,23,25). The lowest BCUT2D eigenvalue weighted by Crippen LogP contribution is -2.41. The monoisotopic (exact) mass is 369 g/mol. The minimum atomic E-state index is -0.261. The van der Waals surface area contributed by atoms with E-state index in [0.717, 1.165) is 30.3 Å². The first kappa shape index (κ1) is 18.2. The molecule has 0 unspecified atom stereocenters. The Morgan fingerprint density at radius 2 is 2.00 bits per heavy atom. The lowest BCUT2D eigenvalue weighted by Gasteiger charge is -2.06. The Kier molecular flexibility index (Phi) is 5.73. The van der Waals surface area contributed by atoms with Crippen LogP contribution in [0.1, 0.15) is 45.4 Å². The van der Waals surface area contributed by atoms with E-state index in [0.29, 0.717) is 11.3 Å². The van der Waals surface area contributed by atoms with Gasteiger partial charge in [0.1, 0.15) is 0 Å². The van der Waals surface area contributed by atoms with Crippen LogP contribution in [0.5, 0.6) is 0 Å². The molecular weight excluding hydrogens is 346 g/mol. The number of para-hydroxylation sites is 1. The van der Waals surface area contributed by atoms with Crippen LogP contribution in [0.25, 0.3) is 10.9 Å². The fourth-order valence-corrected chi connectivity index (χ4v) is 4.02. The van der Waals surface area contributed by atoms with Gasteiger partial charge < -0.3 is 4.98 Å². The van der Waals surface area contributed by atoms with Crippen molar-refractivity contribution in [3.05, 3.63) is 57.4 Å². The van der Waals surface area contributed by atoms with Crippen LogP contribution in [0.4, 0.5) is 0 Å². The van der Waals surface area contributed by atoms with E-state index < -0.39 is 0 Å². The first-order valence-corrected chi connectivity index (χ1v) is 9.63. The number of H-pyrrole nitrogens is 1. The maximum Gasteiger partial charge on any atom is 0.279 e. The van der Waals surface area contributed by atoms with Gasteiger partial charge >= 0.3 is 0 Å². The lowest BCUT2D eigenvalue weighted by molar-refractivity contribution is -0.121. The summed E-state index contributed by atoms with van der Waals surface area (Å²) in [5.74, 6) is -0.440. The molecule has 136 valence electrons. The molecule has 6 heteroatoms. The number of fused-ring (bicyclic) bond motifs is 1. The van der Waals surface area contributed by atoms with Crippen molar-refractivity contribution >= 4 is 34.1 Å². The highest BCUT2D eigenvalue weighted by atomic mass is 32.1. The average molecular weight is 369 g/mol. The number of thiophene rings is 1. The normalized spacial score (nSPS) is 10.8. The van der Waals surface area contributed by atoms with E-state index in [9.17, 15) is 9.59 Å². The van der Waals surface area contributed by atoms with Crippen LogP contribution in [-0.2, 0) is 17.6 Å². The number of nitrogens with one attached hydrogen (secondary N) is 3. The van der Waals surface area contributed by atoms with Crippen molar-refractivity contribution in [1.82, 2.24) is 15.8 Å². The Hall–Kier alpha value is -2.60. The van der Waals surface area contributed by atoms with Crippen LogP contribution >= 0.6 is 11.3 Å². The predicted octanol–water partition coefficient (Wildman–Crippen LogP) is 3.88. The van der Waals surface area contributed by atoms with Gasteiger partial charge in [0.05, 0.1) is 4.88 Å². The van der Waals surface area contributed by atoms with E-state index >= 15 is 0 Å². The summed E-state index contributed by atoms with van der Waals surface area (Å²) < 4.78 is 0. The number of rotatable bonds is 6. The molecule has 0 saturated carbocycles. The van der Waals surface area contributed by atoms with Gasteiger partial charge in [-0.2, -0.15) is 0 Å². The number of amides is 2. The highest BCUT2D eigenvalue weighted by molar-refractivity contribution is 7.14. The van der Waals surface area contributed by atoms with Crippen molar-refractivity contribution in [3.8, 4) is 0 Å². The fraction of sp³-hybridized carbons (Fsp3) is 0.300. The number of aromatic amines is 1. The van der Waals surface area contributed by atoms with Gasteiger partial charge in [0.15, 0.2) is 0 Å². The van der Waals surface area contributed by atoms with Crippen molar-refractivity contribution in [2.45, 2.75) is 39.5 Å². The third kappa shape index (κ3) is 4.14. The molecule has 1 aromatic carbocycles. The summed E-state index contributed by atoms with van der Waals surface area (Å²) in [4.78, 5) is 29.1. The van der Waals surface area contributed by atoms with Gasteiger partial charge in [0.25, 0.3) is 5.91 Å². The van der Waals surface area contributed by atoms with E-state index in [1.807, 2.05) is 37.4 Å². The van der Waals surface area contributed by atoms with Crippen LogP contribution in [0.15, 0.2) is 36.5 Å². The molecule has 3 rings (SSSR count). The molecule has 0 fully saturated rings. The Labute approximate surface area is 156 Å². The molecule has 3 aromatic rings. The molecule has 2 heterocycles. The van der Waals surface area contributed by atoms with E-state index in [4.69, 9.17) is 0 Å². The van der Waals surface area contributed by atoms with E-state index in [2.05, 4.69) is 28.8 Å². The van der Waals surface area contributed by atoms with Gasteiger partial charge in [-0.1, -0.05) is 25.1 Å². The van der Waals surface area contributed by atoms with Crippen molar-refractivity contribution in [2.24, 2.45) is 0 Å². The lowest BCUT2D eigenvalue weighted by atomic mass is 10.1. The van der Waals surface area contributed by atoms with Gasteiger partial charge in [0.2, 0.25) is 5.91 Å². The second-order valence-corrected chi connectivity index (χ2v) is 7.42. The number of carbonyl (C=O) groups excluding carboxylic acids is 2. The number of benzene rings is 1. The van der Waals surface area contributed by atoms with E-state index in [1.165, 1.54) is 27.2 Å². The predicted molar refractivity (Wildman–Crippen MR) is 105 cm³/mol. The molecule has 3 N–H and O–H groups in total. The highest BCUT2D eigenvalue weighted by Crippen LogP contribution is 2.22. The molecule has 0 aliphatic heterocycles. The minimum Gasteiger partial charge on any atom is -0.361 e. The molecule has 26 heavy (non-hydrogen) atoms. The molecule has 0 saturated heterocycles. The minimum absolute atomic E-state index is 0.179. The van der Waals surface area contributed by atoms with Gasteiger partial charge in [-0.05, 0) is 49.4 Å². The summed E-state index contributed by atoms with van der Waals surface area (Å²) >= 11 is 1.47. The van der Waals surface area contributed by atoms with Gasteiger partial charge in [0, 0.05) is 28.4 Å². The highest BCUT2D eigenvalue weighted by Gasteiger charge is 2.12. The zero-order valence-corrected chi connectivity index (χ0v) is 15.8. The summed E-state index contributed by atoms with van der Waals surface area (Å²) in [6, 6.07) is 9.99. The molecule has 0 atom stereocenters. The first-order valence-electron chi connectivity index (χ1n) is 8.82. The Morgan fingerprint density at radius 1 is 1.19 bits per heavy atom. The largest absolute Gasteiger partial charge is 0.361 e. The van der Waals surface area contributed by atoms with Crippen molar-refractivity contribution in [2.75, 3.05) is 0 Å². The zero-order valence-electron chi connectivity index (χ0n) is 15.0. The number of aromatic nitrogens is 1. The van der Waals surface area contributed by atoms with Crippen LogP contribution in [0.3, 0.4) is 0 Å². The van der Waals surface area contributed by atoms with E-state index in [1.54, 1.807) is 0 Å². The number of carbonyl (C=O) groups is 2. The van der Waals surface area contributed by atoms with Crippen LogP contribution < -0.4 is 10.9 Å². The zero-order chi connectivity index (χ0) is 18.5. The fourth-order valence-electron chi connectivity index (χ4n) is 3.01. The Morgan fingerprint density at radius 3 is 2.77 bits per heavy atom. The number of hydrazine groups is 1. The summed E-state index contributed by atoms with van der Waals surface area (Å²) in [7, 11) is 0. The number of hydrogen-bond donors (Lipinski definition) is 3. The molecule has 2 amide bonds. The molecule has 0 aliphatic carbocycles. The SMILES string of the molecule is CCc1sc(C(=O)NNC(=O)CCCc2c[nH]c3ccccc23)cc1C. The van der Waals surface area contributed by atoms with Gasteiger partial charge in [-0.3, -0.25) is 20.4 Å². The first-order chi connectivity index (χ1) is 12.6. The Balaban J connectivity index is 1.44. The molecule has 0 radical (unpaired) electrons. The number of aryl methyl sites for hydroxylation is 3. The Bertz CT molecular complexity index is 926. The number of hydrogen-bond acceptors (Lipinski definition) is 3. The molecule has 5 nitrogen and oxygen atoms in total. The van der Waals surface area contributed by atoms with E-state index in [-0.39, 0.29) is 11.8 Å². The maximum atomic E-state index is 12.1. The summed E-state index contributed by atoms with van der Waals surface area (Å²) in [6.07, 6.45) is 4.80. The third-order valence-electron chi connectivity index (χ3n) is 4.41. The topological polar surface area (TPSA) is 74.0 Å². The quantitative estimate of drug-likeness (QED) is 0.577. The molecular formula is C20H23N3O2S. The smallest absolute Gasteiger partial charge is 0.279 e. The molecule has 0 spiro atoms. The molecule has 0 aliphatic rings. The van der Waals surface area contributed by atoms with Crippen molar-refractivity contribution in [3.63, 3.8) is 0 Å². The van der Waals surface area contributed by atoms with Crippen LogP contribution in [0.2, 0.25) is 0 Å². The third-order valence-corrected chi connectivity index (χ3v) is 5.79.